The number of nitrogens with two attached hydrogens (primary N) is 1. The van der Waals surface area contributed by atoms with Crippen LogP contribution in [0.25, 0.3) is 0 Å². The van der Waals surface area contributed by atoms with Crippen LogP contribution < -0.4 is 5.73 Å². The van der Waals surface area contributed by atoms with E-state index in [-0.39, 0.29) is 6.61 Å². The number of hydrogen-bond donors (Lipinski definition) is 2. The molecule has 1 saturated carbocycles. The summed E-state index contributed by atoms with van der Waals surface area (Å²) in [6, 6.07) is 10.7. The van der Waals surface area contributed by atoms with Gasteiger partial charge in [-0.05, 0) is 31.4 Å². The fraction of sp³-hybridized carbons (Fsp3) is 0.625. The van der Waals surface area contributed by atoms with Gasteiger partial charge >= 0.3 is 0 Å². The van der Waals surface area contributed by atoms with Crippen LogP contribution >= 0.6 is 0 Å². The maximum absolute atomic E-state index is 9.76. The highest BCUT2D eigenvalue weighted by atomic mass is 16.3. The summed E-state index contributed by atoms with van der Waals surface area (Å²) in [7, 11) is 0. The summed E-state index contributed by atoms with van der Waals surface area (Å²) in [5.41, 5.74) is 6.85. The van der Waals surface area contributed by atoms with Gasteiger partial charge in [-0.1, -0.05) is 43.7 Å². The van der Waals surface area contributed by atoms with Gasteiger partial charge in [0.1, 0.15) is 0 Å². The van der Waals surface area contributed by atoms with Gasteiger partial charge in [-0.25, -0.2) is 0 Å². The van der Waals surface area contributed by atoms with Gasteiger partial charge in [-0.2, -0.15) is 0 Å². The molecule has 0 spiro atoms. The van der Waals surface area contributed by atoms with Crippen LogP contribution in [0.2, 0.25) is 0 Å². The molecule has 1 aliphatic carbocycles. The van der Waals surface area contributed by atoms with Crippen molar-refractivity contribution < 1.29 is 5.11 Å². The minimum absolute atomic E-state index is 0.00758. The average molecular weight is 262 g/mol. The predicted molar refractivity (Wildman–Crippen MR) is 78.9 cm³/mol. The largest absolute Gasteiger partial charge is 0.394 e. The van der Waals surface area contributed by atoms with E-state index in [2.05, 4.69) is 11.8 Å². The molecule has 1 fully saturated rings. The Labute approximate surface area is 116 Å². The molecule has 3 nitrogen and oxygen atoms in total. The van der Waals surface area contributed by atoms with E-state index in [0.717, 1.165) is 18.7 Å². The highest BCUT2D eigenvalue weighted by molar-refractivity contribution is 5.24. The van der Waals surface area contributed by atoms with E-state index in [9.17, 15) is 5.11 Å². The van der Waals surface area contributed by atoms with Crippen molar-refractivity contribution in [2.24, 2.45) is 5.73 Å². The lowest BCUT2D eigenvalue weighted by molar-refractivity contribution is 0.130. The highest BCUT2D eigenvalue weighted by Gasteiger charge is 2.35. The first-order valence-electron chi connectivity index (χ1n) is 7.39. The summed E-state index contributed by atoms with van der Waals surface area (Å²) in [6.45, 7) is 4.04. The molecular weight excluding hydrogens is 236 g/mol. The second kappa shape index (κ2) is 6.51. The van der Waals surface area contributed by atoms with Crippen LogP contribution in [-0.2, 0) is 5.54 Å². The van der Waals surface area contributed by atoms with Crippen molar-refractivity contribution in [1.82, 2.24) is 4.90 Å². The lowest BCUT2D eigenvalue weighted by atomic mass is 9.91. The summed E-state index contributed by atoms with van der Waals surface area (Å²) in [5, 5.41) is 9.76. The van der Waals surface area contributed by atoms with Crippen molar-refractivity contribution in [2.45, 2.75) is 44.2 Å². The van der Waals surface area contributed by atoms with Crippen molar-refractivity contribution in [2.75, 3.05) is 19.7 Å². The topological polar surface area (TPSA) is 49.5 Å². The molecule has 1 aliphatic rings. The van der Waals surface area contributed by atoms with E-state index >= 15 is 0 Å². The summed E-state index contributed by atoms with van der Waals surface area (Å²) in [5.74, 6) is 0. The monoisotopic (exact) mass is 262 g/mol. The first kappa shape index (κ1) is 14.5. The second-order valence-electron chi connectivity index (χ2n) is 5.74. The zero-order chi connectivity index (χ0) is 13.7. The SMILES string of the molecule is CCCCN(CC(N)(CO)c1ccccc1)C1CC1. The number of unbranched alkanes of at least 4 members (excludes halogenated alkanes) is 1. The highest BCUT2D eigenvalue weighted by Crippen LogP contribution is 2.30. The molecule has 0 amide bonds. The molecule has 1 atom stereocenters. The van der Waals surface area contributed by atoms with E-state index in [1.165, 1.54) is 25.7 Å². The quantitative estimate of drug-likeness (QED) is 0.754. The predicted octanol–water partition coefficient (Wildman–Crippen LogP) is 2.10. The Morgan fingerprint density at radius 1 is 1.32 bits per heavy atom. The van der Waals surface area contributed by atoms with E-state index in [4.69, 9.17) is 5.73 Å². The molecule has 1 aromatic rings. The molecule has 2 rings (SSSR count). The molecule has 19 heavy (non-hydrogen) atoms. The Balaban J connectivity index is 2.07. The van der Waals surface area contributed by atoms with Crippen molar-refractivity contribution >= 4 is 0 Å². The van der Waals surface area contributed by atoms with Crippen LogP contribution in [0, 0.1) is 0 Å². The van der Waals surface area contributed by atoms with Crippen LogP contribution in [0.5, 0.6) is 0 Å². The summed E-state index contributed by atoms with van der Waals surface area (Å²) in [6.07, 6.45) is 4.96. The first-order chi connectivity index (χ1) is 9.19. The van der Waals surface area contributed by atoms with Crippen molar-refractivity contribution in [1.29, 1.82) is 0 Å². The summed E-state index contributed by atoms with van der Waals surface area (Å²) in [4.78, 5) is 2.46. The lowest BCUT2D eigenvalue weighted by Gasteiger charge is -2.34. The molecule has 0 saturated heterocycles. The Hall–Kier alpha value is -0.900. The van der Waals surface area contributed by atoms with E-state index < -0.39 is 5.54 Å². The van der Waals surface area contributed by atoms with Crippen molar-refractivity contribution in [3.63, 3.8) is 0 Å². The van der Waals surface area contributed by atoms with E-state index in [1.807, 2.05) is 30.3 Å². The van der Waals surface area contributed by atoms with Gasteiger partial charge in [0.25, 0.3) is 0 Å². The number of nitrogens with zero attached hydrogens (tertiary/aromatic N) is 1. The van der Waals surface area contributed by atoms with Crippen LogP contribution in [0.3, 0.4) is 0 Å². The maximum Gasteiger partial charge on any atom is 0.0773 e. The molecule has 3 N–H and O–H groups in total. The van der Waals surface area contributed by atoms with Crippen LogP contribution in [0.15, 0.2) is 30.3 Å². The van der Waals surface area contributed by atoms with Gasteiger partial charge in [0.05, 0.1) is 12.1 Å². The number of rotatable bonds is 8. The average Bonchev–Trinajstić information content (AvgIpc) is 3.29. The number of aliphatic hydroxyl groups excluding tert-OH is 1. The van der Waals surface area contributed by atoms with Crippen LogP contribution in [0.4, 0.5) is 0 Å². The zero-order valence-corrected chi connectivity index (χ0v) is 11.9. The molecule has 1 aromatic carbocycles. The Kier molecular flexibility index (Phi) is 4.97. The minimum Gasteiger partial charge on any atom is -0.394 e. The Bertz CT molecular complexity index is 378. The van der Waals surface area contributed by atoms with Crippen LogP contribution in [0.1, 0.15) is 38.2 Å². The normalized spacial score (nSPS) is 18.5. The van der Waals surface area contributed by atoms with Gasteiger partial charge < -0.3 is 10.8 Å². The molecule has 0 aliphatic heterocycles. The Morgan fingerprint density at radius 2 is 2.00 bits per heavy atom. The molecule has 0 radical (unpaired) electrons. The Morgan fingerprint density at radius 3 is 2.53 bits per heavy atom. The van der Waals surface area contributed by atoms with Gasteiger partial charge in [0.2, 0.25) is 0 Å². The molecule has 0 bridgehead atoms. The fourth-order valence-corrected chi connectivity index (χ4v) is 2.56. The third-order valence-corrected chi connectivity index (χ3v) is 3.98. The van der Waals surface area contributed by atoms with Crippen molar-refractivity contribution in [3.05, 3.63) is 35.9 Å². The number of benzene rings is 1. The third-order valence-electron chi connectivity index (χ3n) is 3.98. The standard InChI is InChI=1S/C16H26N2O/c1-2-3-11-18(15-9-10-15)12-16(17,13-19)14-7-5-4-6-8-14/h4-8,15,19H,2-3,9-13,17H2,1H3. The van der Waals surface area contributed by atoms with Crippen LogP contribution in [-0.4, -0.2) is 35.7 Å². The maximum atomic E-state index is 9.76. The number of aliphatic hydroxyl groups is 1. The molecule has 106 valence electrons. The van der Waals surface area contributed by atoms with E-state index in [0.29, 0.717) is 6.04 Å². The summed E-state index contributed by atoms with van der Waals surface area (Å²) >= 11 is 0. The molecule has 3 heteroatoms. The first-order valence-corrected chi connectivity index (χ1v) is 7.39. The minimum atomic E-state index is -0.641. The lowest BCUT2D eigenvalue weighted by Crippen LogP contribution is -2.51. The molecule has 1 unspecified atom stereocenters. The fourth-order valence-electron chi connectivity index (χ4n) is 2.56. The zero-order valence-electron chi connectivity index (χ0n) is 11.9. The molecule has 0 aromatic heterocycles. The van der Waals surface area contributed by atoms with Gasteiger partial charge in [-0.15, -0.1) is 0 Å². The number of hydrogen-bond acceptors (Lipinski definition) is 3. The molecule has 0 heterocycles. The van der Waals surface area contributed by atoms with Gasteiger partial charge in [-0.3, -0.25) is 4.90 Å². The van der Waals surface area contributed by atoms with Gasteiger partial charge in [0, 0.05) is 12.6 Å². The smallest absolute Gasteiger partial charge is 0.0773 e. The molecular formula is C16H26N2O. The second-order valence-corrected chi connectivity index (χ2v) is 5.74. The summed E-state index contributed by atoms with van der Waals surface area (Å²) < 4.78 is 0. The third kappa shape index (κ3) is 3.78. The van der Waals surface area contributed by atoms with E-state index in [1.54, 1.807) is 0 Å². The van der Waals surface area contributed by atoms with Crippen molar-refractivity contribution in [3.8, 4) is 0 Å². The van der Waals surface area contributed by atoms with Gasteiger partial charge in [0.15, 0.2) is 0 Å².